The molecule has 0 saturated carbocycles. The predicted molar refractivity (Wildman–Crippen MR) is 121 cm³/mol. The van der Waals surface area contributed by atoms with Crippen LogP contribution in [-0.4, -0.2) is 35.3 Å². The fourth-order valence-electron chi connectivity index (χ4n) is 3.48. The number of amides is 1. The Balaban J connectivity index is 1.70. The van der Waals surface area contributed by atoms with Gasteiger partial charge in [0.2, 0.25) is 5.91 Å². The zero-order valence-electron chi connectivity index (χ0n) is 18.9. The van der Waals surface area contributed by atoms with Crippen molar-refractivity contribution in [1.29, 1.82) is 0 Å². The first-order valence-corrected chi connectivity index (χ1v) is 10.8. The molecule has 0 aliphatic heterocycles. The average molecular weight is 440 g/mol. The van der Waals surface area contributed by atoms with Gasteiger partial charge in [-0.2, -0.15) is 0 Å². The predicted octanol–water partition coefficient (Wildman–Crippen LogP) is 4.48. The molecule has 0 aliphatic carbocycles. The van der Waals surface area contributed by atoms with Crippen LogP contribution >= 0.6 is 0 Å². The number of nitrogens with zero attached hydrogens (tertiary/aromatic N) is 2. The maximum Gasteiger partial charge on any atom is 0.341 e. The number of nitrogens with one attached hydrogen (secondary N) is 1. The highest BCUT2D eigenvalue weighted by Gasteiger charge is 2.20. The number of esters is 1. The number of hydrogen-bond donors (Lipinski definition) is 1. The van der Waals surface area contributed by atoms with Gasteiger partial charge in [-0.25, -0.2) is 4.79 Å². The van der Waals surface area contributed by atoms with E-state index in [-0.39, 0.29) is 18.9 Å². The van der Waals surface area contributed by atoms with Gasteiger partial charge in [0.05, 0.1) is 19.4 Å². The number of aromatic nitrogens is 2. The van der Waals surface area contributed by atoms with Crippen molar-refractivity contribution in [3.05, 3.63) is 53.5 Å². The minimum atomic E-state index is -0.456. The van der Waals surface area contributed by atoms with Gasteiger partial charge in [-0.05, 0) is 44.5 Å². The van der Waals surface area contributed by atoms with Crippen molar-refractivity contribution in [2.75, 3.05) is 19.0 Å². The largest absolute Gasteiger partial charge is 0.497 e. The second-order valence-electron chi connectivity index (χ2n) is 7.20. The highest BCUT2D eigenvalue weighted by atomic mass is 16.5. The summed E-state index contributed by atoms with van der Waals surface area (Å²) in [5.74, 6) is 0.785. The van der Waals surface area contributed by atoms with E-state index in [0.29, 0.717) is 30.0 Å². The maximum absolute atomic E-state index is 12.6. The molecule has 0 atom stereocenters. The molecule has 2 heterocycles. The highest BCUT2D eigenvalue weighted by molar-refractivity contribution is 6.01. The smallest absolute Gasteiger partial charge is 0.341 e. The minimum Gasteiger partial charge on any atom is -0.497 e. The van der Waals surface area contributed by atoms with Crippen LogP contribution < -0.4 is 10.1 Å². The molecule has 170 valence electrons. The lowest BCUT2D eigenvalue weighted by atomic mass is 10.0. The first kappa shape index (κ1) is 23.1. The monoisotopic (exact) mass is 439 g/mol. The quantitative estimate of drug-likeness (QED) is 0.468. The van der Waals surface area contributed by atoms with Crippen LogP contribution in [0.25, 0.3) is 11.3 Å². The van der Waals surface area contributed by atoms with E-state index in [2.05, 4.69) is 10.5 Å². The Kier molecular flexibility index (Phi) is 7.70. The van der Waals surface area contributed by atoms with Gasteiger partial charge in [0, 0.05) is 42.9 Å². The number of aryl methyl sites for hydroxylation is 2. The summed E-state index contributed by atoms with van der Waals surface area (Å²) >= 11 is 0. The fourth-order valence-corrected chi connectivity index (χ4v) is 3.48. The SMILES string of the molecule is CCOC(=O)c1cn(CC)cc1NC(=O)CCc1onc(-c2ccc(OC)cc2)c1CC. The van der Waals surface area contributed by atoms with Gasteiger partial charge in [0.25, 0.3) is 0 Å². The summed E-state index contributed by atoms with van der Waals surface area (Å²) in [4.78, 5) is 24.8. The van der Waals surface area contributed by atoms with Crippen molar-refractivity contribution in [2.45, 2.75) is 46.6 Å². The van der Waals surface area contributed by atoms with Crippen molar-refractivity contribution in [3.63, 3.8) is 0 Å². The third-order valence-electron chi connectivity index (χ3n) is 5.18. The molecule has 3 aromatic rings. The first-order valence-electron chi connectivity index (χ1n) is 10.8. The molecule has 0 unspecified atom stereocenters. The topological polar surface area (TPSA) is 95.6 Å². The van der Waals surface area contributed by atoms with Crippen LogP contribution in [0, 0.1) is 0 Å². The molecule has 8 heteroatoms. The van der Waals surface area contributed by atoms with E-state index in [9.17, 15) is 9.59 Å². The minimum absolute atomic E-state index is 0.198. The Hall–Kier alpha value is -3.55. The van der Waals surface area contributed by atoms with E-state index >= 15 is 0 Å². The van der Waals surface area contributed by atoms with Gasteiger partial charge in [-0.3, -0.25) is 4.79 Å². The van der Waals surface area contributed by atoms with Gasteiger partial charge in [0.15, 0.2) is 0 Å². The van der Waals surface area contributed by atoms with Crippen LogP contribution in [0.5, 0.6) is 5.75 Å². The Morgan fingerprint density at radius 2 is 1.88 bits per heavy atom. The molecule has 1 amide bonds. The Morgan fingerprint density at radius 1 is 1.12 bits per heavy atom. The number of anilines is 1. The van der Waals surface area contributed by atoms with E-state index in [1.807, 2.05) is 42.7 Å². The Morgan fingerprint density at radius 3 is 2.50 bits per heavy atom. The molecule has 8 nitrogen and oxygen atoms in total. The van der Waals surface area contributed by atoms with E-state index in [1.54, 1.807) is 26.4 Å². The van der Waals surface area contributed by atoms with E-state index in [4.69, 9.17) is 14.0 Å². The molecule has 0 fully saturated rings. The normalized spacial score (nSPS) is 10.8. The summed E-state index contributed by atoms with van der Waals surface area (Å²) in [6.45, 7) is 6.68. The summed E-state index contributed by atoms with van der Waals surface area (Å²) < 4.78 is 17.7. The number of ether oxygens (including phenoxy) is 2. The van der Waals surface area contributed by atoms with Crippen molar-refractivity contribution in [3.8, 4) is 17.0 Å². The zero-order chi connectivity index (χ0) is 23.1. The molecule has 2 aromatic heterocycles. The molecule has 0 radical (unpaired) electrons. The van der Waals surface area contributed by atoms with Gasteiger partial charge >= 0.3 is 5.97 Å². The first-order chi connectivity index (χ1) is 15.5. The lowest BCUT2D eigenvalue weighted by molar-refractivity contribution is -0.116. The van der Waals surface area contributed by atoms with E-state index in [1.165, 1.54) is 0 Å². The Labute approximate surface area is 187 Å². The zero-order valence-corrected chi connectivity index (χ0v) is 18.9. The molecular weight excluding hydrogens is 410 g/mol. The van der Waals surface area contributed by atoms with Crippen LogP contribution in [0.4, 0.5) is 5.69 Å². The summed E-state index contributed by atoms with van der Waals surface area (Å²) in [6, 6.07) is 7.61. The highest BCUT2D eigenvalue weighted by Crippen LogP contribution is 2.28. The van der Waals surface area contributed by atoms with Crippen LogP contribution in [0.1, 0.15) is 48.9 Å². The number of carbonyl (C=O) groups is 2. The van der Waals surface area contributed by atoms with Crippen LogP contribution in [-0.2, 0) is 28.9 Å². The summed E-state index contributed by atoms with van der Waals surface area (Å²) in [6.07, 6.45) is 4.75. The van der Waals surface area contributed by atoms with Crippen molar-refractivity contribution < 1.29 is 23.6 Å². The lowest BCUT2D eigenvalue weighted by Crippen LogP contribution is -2.15. The van der Waals surface area contributed by atoms with Crippen molar-refractivity contribution in [2.24, 2.45) is 0 Å². The molecule has 1 aromatic carbocycles. The number of hydrogen-bond acceptors (Lipinski definition) is 6. The molecule has 0 bridgehead atoms. The van der Waals surface area contributed by atoms with E-state index < -0.39 is 5.97 Å². The van der Waals surface area contributed by atoms with E-state index in [0.717, 1.165) is 29.0 Å². The number of benzene rings is 1. The fraction of sp³-hybridized carbons (Fsp3) is 0.375. The second kappa shape index (κ2) is 10.7. The van der Waals surface area contributed by atoms with Crippen molar-refractivity contribution >= 4 is 17.6 Å². The number of rotatable bonds is 10. The average Bonchev–Trinajstić information content (AvgIpc) is 3.41. The molecule has 0 spiro atoms. The standard InChI is InChI=1S/C24H29N3O5/c1-5-18-21(32-26-23(18)16-8-10-17(30-4)11-9-16)12-13-22(28)25-20-15-27(6-2)14-19(20)24(29)31-7-3/h8-11,14-15H,5-7,12-13H2,1-4H3,(H,25,28). The molecular formula is C24H29N3O5. The number of carbonyl (C=O) groups excluding carboxylic acids is 2. The molecule has 0 aliphatic rings. The van der Waals surface area contributed by atoms with Gasteiger partial charge in [0.1, 0.15) is 22.8 Å². The third kappa shape index (κ3) is 5.19. The summed E-state index contributed by atoms with van der Waals surface area (Å²) in [5, 5.41) is 7.06. The molecule has 0 saturated heterocycles. The number of methoxy groups -OCH3 is 1. The Bertz CT molecular complexity index is 1070. The van der Waals surface area contributed by atoms with Crippen LogP contribution in [0.15, 0.2) is 41.2 Å². The van der Waals surface area contributed by atoms with Crippen LogP contribution in [0.2, 0.25) is 0 Å². The van der Waals surface area contributed by atoms with Gasteiger partial charge in [-0.1, -0.05) is 12.1 Å². The lowest BCUT2D eigenvalue weighted by Gasteiger charge is -2.06. The molecule has 32 heavy (non-hydrogen) atoms. The van der Waals surface area contributed by atoms with Gasteiger partial charge in [-0.15, -0.1) is 0 Å². The maximum atomic E-state index is 12.6. The molecule has 3 rings (SSSR count). The molecule has 1 N–H and O–H groups in total. The second-order valence-corrected chi connectivity index (χ2v) is 7.20. The third-order valence-corrected chi connectivity index (χ3v) is 5.18. The van der Waals surface area contributed by atoms with Crippen LogP contribution in [0.3, 0.4) is 0 Å². The van der Waals surface area contributed by atoms with Gasteiger partial charge < -0.3 is 23.9 Å². The summed E-state index contributed by atoms with van der Waals surface area (Å²) in [7, 11) is 1.62. The summed E-state index contributed by atoms with van der Waals surface area (Å²) in [5.41, 5.74) is 3.48. The van der Waals surface area contributed by atoms with Crippen molar-refractivity contribution in [1.82, 2.24) is 9.72 Å².